The van der Waals surface area contributed by atoms with Gasteiger partial charge in [0.15, 0.2) is 0 Å². The van der Waals surface area contributed by atoms with Gasteiger partial charge >= 0.3 is 0 Å². The van der Waals surface area contributed by atoms with Gasteiger partial charge in [0.1, 0.15) is 5.01 Å². The van der Waals surface area contributed by atoms with E-state index >= 15 is 0 Å². The van der Waals surface area contributed by atoms with E-state index in [4.69, 9.17) is 4.42 Å². The predicted molar refractivity (Wildman–Crippen MR) is 102 cm³/mol. The van der Waals surface area contributed by atoms with Crippen molar-refractivity contribution in [3.8, 4) is 22.0 Å². The molecule has 4 rings (SSSR count). The van der Waals surface area contributed by atoms with E-state index in [2.05, 4.69) is 20.5 Å². The Morgan fingerprint density at radius 3 is 2.69 bits per heavy atom. The van der Waals surface area contributed by atoms with Crippen LogP contribution in [0, 0.1) is 0 Å². The highest BCUT2D eigenvalue weighted by Crippen LogP contribution is 2.23. The van der Waals surface area contributed by atoms with Gasteiger partial charge in [0.25, 0.3) is 0 Å². The number of hydrogen-bond donors (Lipinski definition) is 1. The molecule has 6 nitrogen and oxygen atoms in total. The third-order valence-electron chi connectivity index (χ3n) is 3.65. The number of anilines is 1. The van der Waals surface area contributed by atoms with E-state index in [9.17, 15) is 4.79 Å². The third kappa shape index (κ3) is 3.87. The average Bonchev–Trinajstić information content (AvgIpc) is 3.42. The summed E-state index contributed by atoms with van der Waals surface area (Å²) < 4.78 is 5.58. The summed E-state index contributed by atoms with van der Waals surface area (Å²) in [4.78, 5) is 16.4. The number of nitrogens with one attached hydrogen (secondary N) is 1. The lowest BCUT2D eigenvalue weighted by atomic mass is 10.2. The molecule has 1 aromatic carbocycles. The van der Waals surface area contributed by atoms with Crippen LogP contribution < -0.4 is 5.32 Å². The Hall–Kier alpha value is -2.84. The number of thiophene rings is 1. The minimum Gasteiger partial charge on any atom is -0.421 e. The molecule has 0 aliphatic heterocycles. The van der Waals surface area contributed by atoms with Crippen molar-refractivity contribution in [3.63, 3.8) is 0 Å². The van der Waals surface area contributed by atoms with E-state index in [1.807, 2.05) is 46.5 Å². The lowest BCUT2D eigenvalue weighted by Gasteiger charge is -2.05. The molecule has 0 radical (unpaired) electrons. The van der Waals surface area contributed by atoms with Gasteiger partial charge in [0, 0.05) is 46.6 Å². The molecule has 3 heterocycles. The fraction of sp³-hybridized carbons (Fsp3) is 0.111. The Kier molecular flexibility index (Phi) is 4.85. The van der Waals surface area contributed by atoms with Gasteiger partial charge in [0.05, 0.1) is 0 Å². The zero-order valence-electron chi connectivity index (χ0n) is 13.6. The topological polar surface area (TPSA) is 80.9 Å². The normalized spacial score (nSPS) is 10.8. The van der Waals surface area contributed by atoms with Crippen molar-refractivity contribution in [1.29, 1.82) is 0 Å². The Morgan fingerprint density at radius 1 is 1.08 bits per heavy atom. The first-order valence-electron chi connectivity index (χ1n) is 7.93. The second-order valence-electron chi connectivity index (χ2n) is 5.48. The van der Waals surface area contributed by atoms with Gasteiger partial charge in [0.2, 0.25) is 17.7 Å². The average molecular weight is 382 g/mol. The van der Waals surface area contributed by atoms with Crippen LogP contribution in [-0.4, -0.2) is 21.1 Å². The van der Waals surface area contributed by atoms with Crippen LogP contribution in [0.1, 0.15) is 12.3 Å². The zero-order chi connectivity index (χ0) is 17.8. The Balaban J connectivity index is 1.31. The van der Waals surface area contributed by atoms with E-state index in [0.29, 0.717) is 18.2 Å². The molecular formula is C18H14N4O2S2. The summed E-state index contributed by atoms with van der Waals surface area (Å²) in [6.07, 6.45) is 2.46. The van der Waals surface area contributed by atoms with Gasteiger partial charge in [-0.1, -0.05) is 0 Å². The van der Waals surface area contributed by atoms with E-state index in [0.717, 1.165) is 21.8 Å². The number of hydrogen-bond acceptors (Lipinski definition) is 7. The highest BCUT2D eigenvalue weighted by molar-refractivity contribution is 7.13. The minimum absolute atomic E-state index is 0.0951. The first-order chi connectivity index (χ1) is 12.8. The summed E-state index contributed by atoms with van der Waals surface area (Å²) in [5, 5.41) is 17.7. The van der Waals surface area contributed by atoms with Gasteiger partial charge in [-0.3, -0.25) is 4.79 Å². The summed E-state index contributed by atoms with van der Waals surface area (Å²) in [5.41, 5.74) is 2.68. The van der Waals surface area contributed by atoms with E-state index in [1.54, 1.807) is 28.9 Å². The highest BCUT2D eigenvalue weighted by Gasteiger charge is 2.11. The molecule has 8 heteroatoms. The predicted octanol–water partition coefficient (Wildman–Crippen LogP) is 4.49. The molecular weight excluding hydrogens is 368 g/mol. The molecule has 1 N–H and O–H groups in total. The third-order valence-corrected chi connectivity index (χ3v) is 5.15. The molecule has 0 saturated carbocycles. The molecule has 0 saturated heterocycles. The molecule has 0 fully saturated rings. The molecule has 0 atom stereocenters. The first-order valence-corrected chi connectivity index (χ1v) is 9.75. The molecule has 26 heavy (non-hydrogen) atoms. The quantitative estimate of drug-likeness (QED) is 0.531. The van der Waals surface area contributed by atoms with Crippen LogP contribution in [0.25, 0.3) is 22.0 Å². The molecule has 0 unspecified atom stereocenters. The summed E-state index contributed by atoms with van der Waals surface area (Å²) in [7, 11) is 0. The maximum Gasteiger partial charge on any atom is 0.248 e. The number of carbonyl (C=O) groups is 1. The van der Waals surface area contributed by atoms with Crippen molar-refractivity contribution in [2.24, 2.45) is 0 Å². The summed E-state index contributed by atoms with van der Waals surface area (Å²) in [6, 6.07) is 9.55. The van der Waals surface area contributed by atoms with Crippen molar-refractivity contribution in [3.05, 3.63) is 58.6 Å². The Bertz CT molecular complexity index is 977. The maximum atomic E-state index is 12.1. The van der Waals surface area contributed by atoms with Crippen LogP contribution in [0.2, 0.25) is 0 Å². The summed E-state index contributed by atoms with van der Waals surface area (Å²) in [6.45, 7) is 0. The van der Waals surface area contributed by atoms with Gasteiger partial charge < -0.3 is 9.73 Å². The Morgan fingerprint density at radius 2 is 1.96 bits per heavy atom. The van der Waals surface area contributed by atoms with Gasteiger partial charge in [-0.15, -0.1) is 21.5 Å². The molecule has 4 aromatic rings. The highest BCUT2D eigenvalue weighted by atomic mass is 32.1. The SMILES string of the molecule is O=C(CCc1nnc(-c2ccsc2)o1)Nc1ccc(-c2nccs2)cc1. The van der Waals surface area contributed by atoms with Gasteiger partial charge in [-0.25, -0.2) is 4.98 Å². The first kappa shape index (κ1) is 16.6. The second kappa shape index (κ2) is 7.59. The van der Waals surface area contributed by atoms with Crippen LogP contribution in [0.3, 0.4) is 0 Å². The van der Waals surface area contributed by atoms with Crippen LogP contribution in [0.5, 0.6) is 0 Å². The van der Waals surface area contributed by atoms with Crippen molar-refractivity contribution < 1.29 is 9.21 Å². The molecule has 0 bridgehead atoms. The van der Waals surface area contributed by atoms with E-state index in [1.165, 1.54) is 0 Å². The molecule has 3 aromatic heterocycles. The van der Waals surface area contributed by atoms with Gasteiger partial charge in [-0.05, 0) is 35.7 Å². The molecule has 0 aliphatic rings. The van der Waals surface area contributed by atoms with Crippen LogP contribution in [-0.2, 0) is 11.2 Å². The molecule has 0 aliphatic carbocycles. The number of thiazole rings is 1. The minimum atomic E-state index is -0.0951. The van der Waals surface area contributed by atoms with Crippen LogP contribution >= 0.6 is 22.7 Å². The number of aromatic nitrogens is 3. The number of nitrogens with zero attached hydrogens (tertiary/aromatic N) is 3. The molecule has 1 amide bonds. The van der Waals surface area contributed by atoms with Gasteiger partial charge in [-0.2, -0.15) is 11.3 Å². The maximum absolute atomic E-state index is 12.1. The van der Waals surface area contributed by atoms with Crippen molar-refractivity contribution >= 4 is 34.3 Å². The zero-order valence-corrected chi connectivity index (χ0v) is 15.2. The summed E-state index contributed by atoms with van der Waals surface area (Å²) in [5.74, 6) is 0.849. The fourth-order valence-electron chi connectivity index (χ4n) is 2.36. The second-order valence-corrected chi connectivity index (χ2v) is 7.15. The van der Waals surface area contributed by atoms with Crippen molar-refractivity contribution in [1.82, 2.24) is 15.2 Å². The number of aryl methyl sites for hydroxylation is 1. The van der Waals surface area contributed by atoms with Crippen LogP contribution in [0.15, 0.2) is 57.1 Å². The van der Waals surface area contributed by atoms with Crippen molar-refractivity contribution in [2.75, 3.05) is 5.32 Å². The standard InChI is InChI=1S/C18H14N4O2S2/c23-15(5-6-16-21-22-17(24-16)13-7-9-25-11-13)20-14-3-1-12(2-4-14)18-19-8-10-26-18/h1-4,7-11H,5-6H2,(H,20,23). The van der Waals surface area contributed by atoms with E-state index in [-0.39, 0.29) is 12.3 Å². The molecule has 130 valence electrons. The lowest BCUT2D eigenvalue weighted by Crippen LogP contribution is -2.12. The van der Waals surface area contributed by atoms with Crippen molar-refractivity contribution in [2.45, 2.75) is 12.8 Å². The summed E-state index contributed by atoms with van der Waals surface area (Å²) >= 11 is 3.15. The number of amides is 1. The smallest absolute Gasteiger partial charge is 0.248 e. The molecule has 0 spiro atoms. The Labute approximate surface area is 157 Å². The number of rotatable bonds is 6. The number of carbonyl (C=O) groups excluding carboxylic acids is 1. The number of benzene rings is 1. The van der Waals surface area contributed by atoms with E-state index < -0.39 is 0 Å². The van der Waals surface area contributed by atoms with Crippen LogP contribution in [0.4, 0.5) is 5.69 Å². The largest absolute Gasteiger partial charge is 0.421 e. The monoisotopic (exact) mass is 382 g/mol. The fourth-order valence-corrected chi connectivity index (χ4v) is 3.64. The lowest BCUT2D eigenvalue weighted by molar-refractivity contribution is -0.116.